The SMILES string of the molecule is NC(=O)c1ccc(CC[C@H]2c3ccccc3-c3c(-c4cnc5ccccc5c4)cccc32)cc1. The Hall–Kier alpha value is -4.24. The number of nitrogens with zero attached hydrogens (tertiary/aromatic N) is 1. The predicted octanol–water partition coefficient (Wildman–Crippen LogP) is 6.75. The Morgan fingerprint density at radius 2 is 1.53 bits per heavy atom. The van der Waals surface area contributed by atoms with Gasteiger partial charge in [0.2, 0.25) is 5.91 Å². The number of hydrogen-bond acceptors (Lipinski definition) is 2. The molecule has 0 aliphatic heterocycles. The molecular formula is C31H24N2O. The minimum absolute atomic E-state index is 0.329. The number of carbonyl (C=O) groups is 1. The first kappa shape index (κ1) is 20.4. The summed E-state index contributed by atoms with van der Waals surface area (Å²) in [5, 5.41) is 1.15. The number of nitrogens with two attached hydrogens (primary N) is 1. The van der Waals surface area contributed by atoms with E-state index in [1.807, 2.05) is 36.5 Å². The highest BCUT2D eigenvalue weighted by Crippen LogP contribution is 2.50. The molecule has 34 heavy (non-hydrogen) atoms. The minimum Gasteiger partial charge on any atom is -0.366 e. The van der Waals surface area contributed by atoms with E-state index in [1.165, 1.54) is 33.4 Å². The van der Waals surface area contributed by atoms with Crippen LogP contribution < -0.4 is 5.73 Å². The van der Waals surface area contributed by atoms with Gasteiger partial charge in [-0.15, -0.1) is 0 Å². The summed E-state index contributed by atoms with van der Waals surface area (Å²) in [6.07, 6.45) is 3.92. The number of carbonyl (C=O) groups excluding carboxylic acids is 1. The Morgan fingerprint density at radius 3 is 2.38 bits per heavy atom. The second kappa shape index (κ2) is 8.27. The third kappa shape index (κ3) is 3.46. The van der Waals surface area contributed by atoms with Crippen molar-refractivity contribution in [2.75, 3.05) is 0 Å². The highest BCUT2D eigenvalue weighted by atomic mass is 16.1. The molecular weight excluding hydrogens is 416 g/mol. The van der Waals surface area contributed by atoms with E-state index in [0.717, 1.165) is 29.3 Å². The van der Waals surface area contributed by atoms with Gasteiger partial charge in [0, 0.05) is 28.6 Å². The third-order valence-electron chi connectivity index (χ3n) is 6.94. The first-order valence-corrected chi connectivity index (χ1v) is 11.6. The van der Waals surface area contributed by atoms with Gasteiger partial charge in [-0.1, -0.05) is 72.8 Å². The van der Waals surface area contributed by atoms with E-state index in [9.17, 15) is 4.79 Å². The summed E-state index contributed by atoms with van der Waals surface area (Å²) in [5.74, 6) is -0.0590. The molecule has 1 aliphatic carbocycles. The van der Waals surface area contributed by atoms with Crippen LogP contribution in [0, 0.1) is 0 Å². The Morgan fingerprint density at radius 1 is 0.794 bits per heavy atom. The molecule has 3 heteroatoms. The molecule has 0 unspecified atom stereocenters. The van der Waals surface area contributed by atoms with Crippen LogP contribution in [0.1, 0.15) is 39.4 Å². The quantitative estimate of drug-likeness (QED) is 0.329. The van der Waals surface area contributed by atoms with Crippen LogP contribution >= 0.6 is 0 Å². The molecule has 1 aliphatic rings. The van der Waals surface area contributed by atoms with E-state index in [0.29, 0.717) is 11.5 Å². The number of primary amides is 1. The van der Waals surface area contributed by atoms with Gasteiger partial charge in [0.1, 0.15) is 0 Å². The van der Waals surface area contributed by atoms with Crippen LogP contribution in [0.5, 0.6) is 0 Å². The van der Waals surface area contributed by atoms with Crippen molar-refractivity contribution < 1.29 is 4.79 Å². The Labute approximate surface area is 198 Å². The van der Waals surface area contributed by atoms with Gasteiger partial charge in [0.25, 0.3) is 0 Å². The van der Waals surface area contributed by atoms with E-state index < -0.39 is 0 Å². The van der Waals surface area contributed by atoms with Gasteiger partial charge in [0.05, 0.1) is 5.52 Å². The molecule has 3 nitrogen and oxygen atoms in total. The zero-order valence-electron chi connectivity index (χ0n) is 18.7. The monoisotopic (exact) mass is 440 g/mol. The first-order valence-electron chi connectivity index (χ1n) is 11.6. The molecule has 5 aromatic rings. The van der Waals surface area contributed by atoms with Crippen LogP contribution in [0.15, 0.2) is 103 Å². The van der Waals surface area contributed by atoms with Gasteiger partial charge in [-0.05, 0) is 70.5 Å². The van der Waals surface area contributed by atoms with E-state index in [4.69, 9.17) is 10.7 Å². The Bertz CT molecular complexity index is 1540. The molecule has 0 radical (unpaired) electrons. The van der Waals surface area contributed by atoms with E-state index in [1.54, 1.807) is 0 Å². The van der Waals surface area contributed by atoms with Crippen LogP contribution in [-0.2, 0) is 6.42 Å². The number of pyridine rings is 1. The lowest BCUT2D eigenvalue weighted by Gasteiger charge is -2.15. The van der Waals surface area contributed by atoms with Gasteiger partial charge in [-0.25, -0.2) is 0 Å². The number of para-hydroxylation sites is 1. The molecule has 1 atom stereocenters. The Kier molecular flexibility index (Phi) is 4.96. The van der Waals surface area contributed by atoms with Crippen LogP contribution in [-0.4, -0.2) is 10.9 Å². The van der Waals surface area contributed by atoms with Crippen molar-refractivity contribution in [3.8, 4) is 22.3 Å². The summed E-state index contributed by atoms with van der Waals surface area (Å²) in [7, 11) is 0. The highest BCUT2D eigenvalue weighted by Gasteiger charge is 2.30. The summed E-state index contributed by atoms with van der Waals surface area (Å²) in [6.45, 7) is 0. The van der Waals surface area contributed by atoms with E-state index in [-0.39, 0.29) is 5.91 Å². The van der Waals surface area contributed by atoms with Gasteiger partial charge < -0.3 is 5.73 Å². The van der Waals surface area contributed by atoms with Gasteiger partial charge >= 0.3 is 0 Å². The van der Waals surface area contributed by atoms with Crippen molar-refractivity contribution in [2.24, 2.45) is 5.73 Å². The number of hydrogen-bond donors (Lipinski definition) is 1. The topological polar surface area (TPSA) is 56.0 Å². The summed E-state index contributed by atoms with van der Waals surface area (Å²) >= 11 is 0. The lowest BCUT2D eigenvalue weighted by Crippen LogP contribution is -2.10. The molecule has 0 spiro atoms. The van der Waals surface area contributed by atoms with Crippen LogP contribution in [0.3, 0.4) is 0 Å². The van der Waals surface area contributed by atoms with Crippen molar-refractivity contribution in [1.29, 1.82) is 0 Å². The summed E-state index contributed by atoms with van der Waals surface area (Å²) in [6, 6.07) is 33.6. The van der Waals surface area contributed by atoms with Crippen LogP contribution in [0.2, 0.25) is 0 Å². The molecule has 2 N–H and O–H groups in total. The average molecular weight is 441 g/mol. The largest absolute Gasteiger partial charge is 0.366 e. The minimum atomic E-state index is -0.388. The fourth-order valence-corrected chi connectivity index (χ4v) is 5.27. The molecule has 1 amide bonds. The molecule has 6 rings (SSSR count). The van der Waals surface area contributed by atoms with Gasteiger partial charge in [-0.2, -0.15) is 0 Å². The average Bonchev–Trinajstić information content (AvgIpc) is 3.21. The molecule has 0 bridgehead atoms. The highest BCUT2D eigenvalue weighted by molar-refractivity contribution is 5.94. The van der Waals surface area contributed by atoms with Crippen LogP contribution in [0.4, 0.5) is 0 Å². The number of amides is 1. The molecule has 4 aromatic carbocycles. The molecule has 0 saturated carbocycles. The second-order valence-corrected chi connectivity index (χ2v) is 8.93. The molecule has 0 saturated heterocycles. The number of fused-ring (bicyclic) bond motifs is 4. The normalized spacial score (nSPS) is 14.1. The van der Waals surface area contributed by atoms with Crippen molar-refractivity contribution in [2.45, 2.75) is 18.8 Å². The number of aryl methyl sites for hydroxylation is 1. The van der Waals surface area contributed by atoms with Gasteiger partial charge in [0.15, 0.2) is 0 Å². The van der Waals surface area contributed by atoms with Crippen molar-refractivity contribution in [3.05, 3.63) is 126 Å². The standard InChI is InChI=1S/C31H24N2O/c32-31(34)21-15-12-20(13-16-21)14-17-26-25-7-2-3-8-27(25)30-24(9-5-10-28(26)30)23-18-22-6-1-4-11-29(22)33-19-23/h1-13,15-16,18-19,26H,14,17H2,(H2,32,34)/t26-/m0/s1. The summed E-state index contributed by atoms with van der Waals surface area (Å²) < 4.78 is 0. The van der Waals surface area contributed by atoms with Gasteiger partial charge in [-0.3, -0.25) is 9.78 Å². The fraction of sp³-hybridized carbons (Fsp3) is 0.0968. The van der Waals surface area contributed by atoms with Crippen molar-refractivity contribution in [3.63, 3.8) is 0 Å². The summed E-state index contributed by atoms with van der Waals surface area (Å²) in [5.41, 5.74) is 15.9. The second-order valence-electron chi connectivity index (χ2n) is 8.93. The maximum absolute atomic E-state index is 11.4. The molecule has 1 aromatic heterocycles. The zero-order chi connectivity index (χ0) is 23.1. The first-order chi connectivity index (χ1) is 16.7. The Balaban J connectivity index is 1.40. The third-order valence-corrected chi connectivity index (χ3v) is 6.94. The zero-order valence-corrected chi connectivity index (χ0v) is 18.7. The lowest BCUT2D eigenvalue weighted by molar-refractivity contribution is 0.100. The molecule has 0 fully saturated rings. The van der Waals surface area contributed by atoms with Crippen LogP contribution in [0.25, 0.3) is 33.2 Å². The maximum Gasteiger partial charge on any atom is 0.248 e. The maximum atomic E-state index is 11.4. The summed E-state index contributed by atoms with van der Waals surface area (Å²) in [4.78, 5) is 16.1. The number of aromatic nitrogens is 1. The smallest absolute Gasteiger partial charge is 0.248 e. The fourth-order valence-electron chi connectivity index (χ4n) is 5.27. The molecule has 1 heterocycles. The van der Waals surface area contributed by atoms with Crippen molar-refractivity contribution >= 4 is 16.8 Å². The number of benzene rings is 4. The van der Waals surface area contributed by atoms with E-state index in [2.05, 4.69) is 66.7 Å². The van der Waals surface area contributed by atoms with E-state index >= 15 is 0 Å². The molecule has 164 valence electrons. The number of rotatable bonds is 5. The van der Waals surface area contributed by atoms with Crippen molar-refractivity contribution in [1.82, 2.24) is 4.98 Å². The predicted molar refractivity (Wildman–Crippen MR) is 138 cm³/mol. The lowest BCUT2D eigenvalue weighted by atomic mass is 9.89.